The number of nitrogens with zero attached hydrogens (tertiary/aromatic N) is 5. The van der Waals surface area contributed by atoms with E-state index in [1.807, 2.05) is 55.3 Å². The van der Waals surface area contributed by atoms with Crippen LogP contribution in [0, 0.1) is 28.6 Å². The Morgan fingerprint density at radius 2 is 1.80 bits per heavy atom. The average Bonchev–Trinajstić information content (AvgIpc) is 3.79. The second-order valence-corrected chi connectivity index (χ2v) is 18.6. The second-order valence-electron chi connectivity index (χ2n) is 17.6. The lowest BCUT2D eigenvalue weighted by Crippen LogP contribution is -2.60. The number of aromatic nitrogens is 4. The number of carboxylic acid groups (broad SMARTS) is 1. The van der Waals surface area contributed by atoms with Crippen molar-refractivity contribution in [3.8, 4) is 16.9 Å². The second kappa shape index (κ2) is 11.1. The first-order valence-corrected chi connectivity index (χ1v) is 19.7. The molecule has 5 aromatic rings. The van der Waals surface area contributed by atoms with Crippen LogP contribution < -0.4 is 10.2 Å². The van der Waals surface area contributed by atoms with E-state index in [4.69, 9.17) is 14.8 Å². The highest BCUT2D eigenvalue weighted by Gasteiger charge is 2.84. The van der Waals surface area contributed by atoms with Gasteiger partial charge in [0.2, 0.25) is 0 Å². The molecule has 5 unspecified atom stereocenters. The number of amides is 1. The molecule has 4 heterocycles. The summed E-state index contributed by atoms with van der Waals surface area (Å²) in [4.78, 5) is 37.7. The normalized spacial score (nSPS) is 30.3. The first-order valence-electron chi connectivity index (χ1n) is 18.9. The number of para-hydroxylation sites is 1. The molecule has 0 saturated heterocycles. The molecule has 1 spiro atoms. The number of phenolic OH excluding ortho intramolecular Hbond substituents is 1. The molecular formula is C42H44N6O5S. The van der Waals surface area contributed by atoms with E-state index < -0.39 is 5.97 Å². The summed E-state index contributed by atoms with van der Waals surface area (Å²) in [7, 11) is 1.90. The SMILES string of the molecule is COC12CC3(C)CC4(C)CC(Cn5ncc(-c6ccc(N7CCc8c(O)ccc(C(=O)Nc9nc%10ccccc%10s9)c8C7)nc6C(=O)O)c5C)(C1)C4(C3)C2. The number of ether oxygens (including phenoxy) is 1. The third kappa shape index (κ3) is 4.58. The van der Waals surface area contributed by atoms with Gasteiger partial charge in [0.15, 0.2) is 10.8 Å². The van der Waals surface area contributed by atoms with Crippen molar-refractivity contribution in [3.05, 3.63) is 82.8 Å². The maximum Gasteiger partial charge on any atom is 0.355 e. The lowest BCUT2D eigenvalue weighted by molar-refractivity contribution is -0.178. The number of carbonyl (C=O) groups is 2. The number of nitrogens with one attached hydrogen (secondary N) is 1. The van der Waals surface area contributed by atoms with Crippen LogP contribution in [0.4, 0.5) is 10.9 Å². The molecule has 0 radical (unpaired) electrons. The van der Waals surface area contributed by atoms with Gasteiger partial charge in [0.1, 0.15) is 11.6 Å². The van der Waals surface area contributed by atoms with Gasteiger partial charge in [-0.05, 0) is 115 Å². The summed E-state index contributed by atoms with van der Waals surface area (Å²) in [6.45, 7) is 8.59. The van der Waals surface area contributed by atoms with E-state index in [-0.39, 0.29) is 40.3 Å². The van der Waals surface area contributed by atoms with Gasteiger partial charge in [-0.25, -0.2) is 14.8 Å². The Hall–Kier alpha value is -4.81. The minimum Gasteiger partial charge on any atom is -0.508 e. The Balaban J connectivity index is 0.930. The number of aromatic carboxylic acids is 1. The molecule has 3 bridgehead atoms. The standard InChI is InChI=1S/C42H44N6O5S/c1-24-28(15-43-48(24)23-40-20-39(3)17-38(2)18-41(21-40,53-4)22-42(39,40)19-38)26-10-12-33(45-34(26)36(51)52)47-14-13-25-29(16-47)27(9-11-31(25)49)35(50)46-37-44-30-7-5-6-8-32(30)54-37/h5-12,15,49H,13-14,16-23H2,1-4H3,(H,51,52)(H,44,46,50). The third-order valence-corrected chi connectivity index (χ3v) is 15.3. The number of anilines is 2. The molecule has 4 aliphatic carbocycles. The number of fused-ring (bicyclic) bond motifs is 4. The van der Waals surface area contributed by atoms with Crippen LogP contribution in [0.25, 0.3) is 21.3 Å². The van der Waals surface area contributed by atoms with Crippen molar-refractivity contribution in [1.29, 1.82) is 0 Å². The number of benzene rings is 2. The molecule has 54 heavy (non-hydrogen) atoms. The van der Waals surface area contributed by atoms with Gasteiger partial charge < -0.3 is 19.8 Å². The molecule has 1 aliphatic heterocycles. The van der Waals surface area contributed by atoms with Crippen LogP contribution in [0.1, 0.15) is 90.0 Å². The smallest absolute Gasteiger partial charge is 0.355 e. The highest BCUT2D eigenvalue weighted by molar-refractivity contribution is 7.22. The van der Waals surface area contributed by atoms with E-state index in [0.29, 0.717) is 57.0 Å². The number of thiazole rings is 1. The van der Waals surface area contributed by atoms with E-state index in [0.717, 1.165) is 47.3 Å². The molecule has 278 valence electrons. The van der Waals surface area contributed by atoms with Gasteiger partial charge in [0, 0.05) is 54.7 Å². The quantitative estimate of drug-likeness (QED) is 0.145. The van der Waals surface area contributed by atoms with Gasteiger partial charge in [-0.3, -0.25) is 14.8 Å². The van der Waals surface area contributed by atoms with Gasteiger partial charge in [-0.15, -0.1) is 0 Å². The molecule has 4 saturated carbocycles. The number of carbonyl (C=O) groups excluding carboxylic acids is 1. The highest BCUT2D eigenvalue weighted by Crippen LogP contribution is 2.90. The summed E-state index contributed by atoms with van der Waals surface area (Å²) in [5.74, 6) is -0.810. The third-order valence-electron chi connectivity index (χ3n) is 14.3. The fourth-order valence-corrected chi connectivity index (χ4v) is 13.6. The van der Waals surface area contributed by atoms with Crippen molar-refractivity contribution in [2.75, 3.05) is 23.9 Å². The van der Waals surface area contributed by atoms with Crippen LogP contribution in [0.5, 0.6) is 5.75 Å². The Kier molecular flexibility index (Phi) is 6.95. The zero-order valence-electron chi connectivity index (χ0n) is 31.0. The van der Waals surface area contributed by atoms with Crippen LogP contribution >= 0.6 is 11.3 Å². The molecule has 5 atom stereocenters. The molecule has 3 N–H and O–H groups in total. The summed E-state index contributed by atoms with van der Waals surface area (Å²) in [5.41, 5.74) is 5.75. The van der Waals surface area contributed by atoms with E-state index in [9.17, 15) is 19.8 Å². The summed E-state index contributed by atoms with van der Waals surface area (Å²) in [6, 6.07) is 14.6. The van der Waals surface area contributed by atoms with Gasteiger partial charge in [-0.1, -0.05) is 37.3 Å². The number of hydrogen-bond donors (Lipinski definition) is 3. The molecule has 5 aliphatic rings. The Labute approximate surface area is 317 Å². The Morgan fingerprint density at radius 3 is 2.59 bits per heavy atom. The minimum atomic E-state index is -1.12. The fourth-order valence-electron chi connectivity index (χ4n) is 12.7. The van der Waals surface area contributed by atoms with E-state index in [1.165, 1.54) is 30.6 Å². The molecule has 12 heteroatoms. The zero-order chi connectivity index (χ0) is 37.4. The lowest BCUT2D eigenvalue weighted by atomic mass is 9.39. The summed E-state index contributed by atoms with van der Waals surface area (Å²) >= 11 is 1.40. The lowest BCUT2D eigenvalue weighted by Gasteiger charge is -2.65. The molecule has 4 fully saturated rings. The predicted molar refractivity (Wildman–Crippen MR) is 206 cm³/mol. The predicted octanol–water partition coefficient (Wildman–Crippen LogP) is 7.85. The van der Waals surface area contributed by atoms with Gasteiger partial charge in [0.25, 0.3) is 5.91 Å². The van der Waals surface area contributed by atoms with E-state index in [2.05, 4.69) is 28.8 Å². The van der Waals surface area contributed by atoms with Crippen molar-refractivity contribution in [2.45, 2.75) is 84.4 Å². The number of rotatable bonds is 8. The van der Waals surface area contributed by atoms with Crippen molar-refractivity contribution in [1.82, 2.24) is 19.7 Å². The van der Waals surface area contributed by atoms with E-state index >= 15 is 0 Å². The summed E-state index contributed by atoms with van der Waals surface area (Å²) < 4.78 is 9.44. The Bertz CT molecular complexity index is 2410. The van der Waals surface area contributed by atoms with Crippen molar-refractivity contribution < 1.29 is 24.5 Å². The van der Waals surface area contributed by atoms with Crippen molar-refractivity contribution in [3.63, 3.8) is 0 Å². The topological polar surface area (TPSA) is 143 Å². The minimum absolute atomic E-state index is 0.0414. The van der Waals surface area contributed by atoms with Gasteiger partial charge >= 0.3 is 5.97 Å². The maximum absolute atomic E-state index is 13.6. The van der Waals surface area contributed by atoms with Crippen LogP contribution in [-0.2, 0) is 24.2 Å². The van der Waals surface area contributed by atoms with Gasteiger partial charge in [-0.2, -0.15) is 5.10 Å². The number of phenols is 1. The highest BCUT2D eigenvalue weighted by atomic mass is 32.1. The molecule has 3 aromatic heterocycles. The van der Waals surface area contributed by atoms with Crippen LogP contribution in [-0.4, -0.2) is 61.1 Å². The first-order chi connectivity index (χ1) is 25.8. The maximum atomic E-state index is 13.6. The molecule has 10 rings (SSSR count). The molecule has 2 aromatic carbocycles. The summed E-state index contributed by atoms with van der Waals surface area (Å²) in [6.07, 6.45) is 9.25. The zero-order valence-corrected chi connectivity index (χ0v) is 31.8. The number of pyridine rings is 1. The first kappa shape index (κ1) is 33.7. The number of hydrogen-bond acceptors (Lipinski definition) is 9. The van der Waals surface area contributed by atoms with Crippen LogP contribution in [0.3, 0.4) is 0 Å². The van der Waals surface area contributed by atoms with Crippen LogP contribution in [0.15, 0.2) is 54.7 Å². The summed E-state index contributed by atoms with van der Waals surface area (Å²) in [5, 5.41) is 29.6. The van der Waals surface area contributed by atoms with Crippen molar-refractivity contribution >= 4 is 44.4 Å². The van der Waals surface area contributed by atoms with Crippen LogP contribution in [0.2, 0.25) is 0 Å². The Morgan fingerprint density at radius 1 is 0.963 bits per heavy atom. The average molecular weight is 745 g/mol. The number of carboxylic acids is 1. The monoisotopic (exact) mass is 744 g/mol. The molecule has 11 nitrogen and oxygen atoms in total. The van der Waals surface area contributed by atoms with Crippen molar-refractivity contribution in [2.24, 2.45) is 21.7 Å². The number of aromatic hydroxyl groups is 1. The molecular weight excluding hydrogens is 701 g/mol. The molecule has 1 amide bonds. The fraction of sp³-hybridized carbons (Fsp3) is 0.452. The van der Waals surface area contributed by atoms with E-state index in [1.54, 1.807) is 18.3 Å². The number of methoxy groups -OCH3 is 1. The van der Waals surface area contributed by atoms with Gasteiger partial charge in [0.05, 0.1) is 22.0 Å². The largest absolute Gasteiger partial charge is 0.508 e.